The van der Waals surface area contributed by atoms with E-state index in [0.29, 0.717) is 18.8 Å². The van der Waals surface area contributed by atoms with Crippen molar-refractivity contribution in [2.45, 2.75) is 13.0 Å². The molecule has 1 rings (SSSR count). The Bertz CT molecular complexity index is 359. The normalized spacial score (nSPS) is 10.1. The van der Waals surface area contributed by atoms with Gasteiger partial charge in [-0.3, -0.25) is 4.79 Å². The summed E-state index contributed by atoms with van der Waals surface area (Å²) in [5.74, 6) is -1.06. The van der Waals surface area contributed by atoms with E-state index in [0.717, 1.165) is 0 Å². The Morgan fingerprint density at radius 1 is 1.47 bits per heavy atom. The summed E-state index contributed by atoms with van der Waals surface area (Å²) >= 11 is 0. The average molecular weight is 212 g/mol. The summed E-state index contributed by atoms with van der Waals surface area (Å²) < 4.78 is 4.97. The number of carbonyl (C=O) groups excluding carboxylic acids is 1. The van der Waals surface area contributed by atoms with E-state index in [4.69, 9.17) is 15.3 Å². The zero-order chi connectivity index (χ0) is 11.3. The molecule has 0 aliphatic rings. The number of nitrogens with one attached hydrogen (secondary N) is 1. The molecule has 0 radical (unpaired) electrons. The molecule has 0 unspecified atom stereocenters. The van der Waals surface area contributed by atoms with Crippen LogP contribution in [0.1, 0.15) is 22.7 Å². The fraction of sp³-hybridized carbons (Fsp3) is 0.333. The van der Waals surface area contributed by atoms with E-state index >= 15 is 0 Å². The van der Waals surface area contributed by atoms with Gasteiger partial charge in [-0.1, -0.05) is 0 Å². The van der Waals surface area contributed by atoms with Crippen molar-refractivity contribution < 1.29 is 19.1 Å². The lowest BCUT2D eigenvalue weighted by Crippen LogP contribution is -2.21. The molecule has 0 spiro atoms. The van der Waals surface area contributed by atoms with Crippen molar-refractivity contribution in [3.05, 3.63) is 23.7 Å². The lowest BCUT2D eigenvalue weighted by Gasteiger charge is -1.99. The molecule has 0 saturated heterocycles. The molecule has 82 valence electrons. The standard InChI is InChI=1S/C9H12N2O4/c10-8(12)3-4-11-5-6-1-2-7(15-6)9(13)14/h1-2,11H,3-5H2,(H2,10,12)(H,13,14). The van der Waals surface area contributed by atoms with E-state index in [-0.39, 0.29) is 18.1 Å². The average Bonchev–Trinajstić information content (AvgIpc) is 2.60. The Labute approximate surface area is 86.1 Å². The van der Waals surface area contributed by atoms with Gasteiger partial charge in [0.2, 0.25) is 11.7 Å². The van der Waals surface area contributed by atoms with Gasteiger partial charge < -0.3 is 20.6 Å². The monoisotopic (exact) mass is 212 g/mol. The van der Waals surface area contributed by atoms with Crippen LogP contribution in [0, 0.1) is 0 Å². The van der Waals surface area contributed by atoms with Crippen LogP contribution in [0.25, 0.3) is 0 Å². The van der Waals surface area contributed by atoms with Crippen LogP contribution in [-0.2, 0) is 11.3 Å². The zero-order valence-corrected chi connectivity index (χ0v) is 8.03. The highest BCUT2D eigenvalue weighted by Crippen LogP contribution is 2.07. The third kappa shape index (κ3) is 3.82. The maximum Gasteiger partial charge on any atom is 0.371 e. The summed E-state index contributed by atoms with van der Waals surface area (Å²) in [4.78, 5) is 20.8. The number of furan rings is 1. The second-order valence-electron chi connectivity index (χ2n) is 2.96. The molecule has 15 heavy (non-hydrogen) atoms. The van der Waals surface area contributed by atoms with E-state index in [9.17, 15) is 9.59 Å². The minimum absolute atomic E-state index is 0.0956. The summed E-state index contributed by atoms with van der Waals surface area (Å²) in [5, 5.41) is 11.5. The molecule has 6 heteroatoms. The van der Waals surface area contributed by atoms with Gasteiger partial charge in [0.25, 0.3) is 0 Å². The van der Waals surface area contributed by atoms with E-state index in [1.165, 1.54) is 6.07 Å². The molecular formula is C9H12N2O4. The number of hydrogen-bond acceptors (Lipinski definition) is 4. The molecule has 1 amide bonds. The SMILES string of the molecule is NC(=O)CCNCc1ccc(C(=O)O)o1. The topological polar surface area (TPSA) is 106 Å². The predicted molar refractivity (Wildman–Crippen MR) is 51.2 cm³/mol. The Balaban J connectivity index is 2.31. The van der Waals surface area contributed by atoms with Gasteiger partial charge in [-0.05, 0) is 12.1 Å². The fourth-order valence-electron chi connectivity index (χ4n) is 1.01. The Hall–Kier alpha value is -1.82. The Kier molecular flexibility index (Phi) is 3.87. The van der Waals surface area contributed by atoms with Crippen molar-refractivity contribution in [2.75, 3.05) is 6.54 Å². The number of hydrogen-bond donors (Lipinski definition) is 3. The molecule has 0 bridgehead atoms. The molecular weight excluding hydrogens is 200 g/mol. The van der Waals surface area contributed by atoms with Crippen molar-refractivity contribution in [3.63, 3.8) is 0 Å². The number of primary amides is 1. The van der Waals surface area contributed by atoms with Gasteiger partial charge in [0.05, 0.1) is 6.54 Å². The number of amides is 1. The lowest BCUT2D eigenvalue weighted by molar-refractivity contribution is -0.117. The summed E-state index contributed by atoms with van der Waals surface area (Å²) in [6, 6.07) is 2.95. The fourth-order valence-corrected chi connectivity index (χ4v) is 1.01. The minimum Gasteiger partial charge on any atom is -0.475 e. The van der Waals surface area contributed by atoms with Gasteiger partial charge in [-0.25, -0.2) is 4.79 Å². The van der Waals surface area contributed by atoms with Crippen molar-refractivity contribution in [1.29, 1.82) is 0 Å². The molecule has 1 aromatic rings. The minimum atomic E-state index is -1.10. The third-order valence-corrected chi connectivity index (χ3v) is 1.72. The largest absolute Gasteiger partial charge is 0.475 e. The van der Waals surface area contributed by atoms with E-state index in [1.54, 1.807) is 6.07 Å². The van der Waals surface area contributed by atoms with Gasteiger partial charge in [0.1, 0.15) is 5.76 Å². The number of carbonyl (C=O) groups is 2. The zero-order valence-electron chi connectivity index (χ0n) is 8.03. The smallest absolute Gasteiger partial charge is 0.371 e. The van der Waals surface area contributed by atoms with Gasteiger partial charge in [0, 0.05) is 13.0 Å². The van der Waals surface area contributed by atoms with Gasteiger partial charge in [-0.2, -0.15) is 0 Å². The first-order chi connectivity index (χ1) is 7.09. The molecule has 1 heterocycles. The maximum atomic E-state index is 10.5. The van der Waals surface area contributed by atoms with Crippen LogP contribution in [0.15, 0.2) is 16.5 Å². The summed E-state index contributed by atoms with van der Waals surface area (Å²) in [5.41, 5.74) is 4.94. The van der Waals surface area contributed by atoms with E-state index in [2.05, 4.69) is 5.32 Å². The van der Waals surface area contributed by atoms with Crippen molar-refractivity contribution >= 4 is 11.9 Å². The summed E-state index contributed by atoms with van der Waals surface area (Å²) in [7, 11) is 0. The highest BCUT2D eigenvalue weighted by atomic mass is 16.4. The maximum absolute atomic E-state index is 10.5. The Morgan fingerprint density at radius 3 is 2.73 bits per heavy atom. The first-order valence-corrected chi connectivity index (χ1v) is 4.40. The van der Waals surface area contributed by atoms with Crippen LogP contribution >= 0.6 is 0 Å². The number of aromatic carboxylic acids is 1. The third-order valence-electron chi connectivity index (χ3n) is 1.72. The van der Waals surface area contributed by atoms with Crippen molar-refractivity contribution in [2.24, 2.45) is 5.73 Å². The van der Waals surface area contributed by atoms with Crippen LogP contribution in [0.5, 0.6) is 0 Å². The number of carboxylic acids is 1. The molecule has 0 atom stereocenters. The first-order valence-electron chi connectivity index (χ1n) is 4.40. The molecule has 0 aromatic carbocycles. The van der Waals surface area contributed by atoms with Gasteiger partial charge in [0.15, 0.2) is 0 Å². The molecule has 0 aliphatic carbocycles. The molecule has 6 nitrogen and oxygen atoms in total. The summed E-state index contributed by atoms with van der Waals surface area (Å²) in [6.45, 7) is 0.818. The van der Waals surface area contributed by atoms with Crippen LogP contribution < -0.4 is 11.1 Å². The molecule has 4 N–H and O–H groups in total. The summed E-state index contributed by atoms with van der Waals surface area (Å²) in [6.07, 6.45) is 0.243. The molecule has 0 aliphatic heterocycles. The predicted octanol–water partition coefficient (Wildman–Crippen LogP) is -0.0572. The van der Waals surface area contributed by atoms with Gasteiger partial charge in [-0.15, -0.1) is 0 Å². The molecule has 0 saturated carbocycles. The molecule has 1 aromatic heterocycles. The highest BCUT2D eigenvalue weighted by Gasteiger charge is 2.08. The Morgan fingerprint density at radius 2 is 2.20 bits per heavy atom. The second-order valence-corrected chi connectivity index (χ2v) is 2.96. The van der Waals surface area contributed by atoms with Crippen LogP contribution in [0.4, 0.5) is 0 Å². The van der Waals surface area contributed by atoms with Crippen LogP contribution in [-0.4, -0.2) is 23.5 Å². The van der Waals surface area contributed by atoms with E-state index < -0.39 is 5.97 Å². The number of carboxylic acid groups (broad SMARTS) is 1. The number of rotatable bonds is 6. The van der Waals surface area contributed by atoms with Gasteiger partial charge >= 0.3 is 5.97 Å². The highest BCUT2D eigenvalue weighted by molar-refractivity contribution is 5.84. The first kappa shape index (κ1) is 11.3. The second kappa shape index (κ2) is 5.16. The van der Waals surface area contributed by atoms with Crippen molar-refractivity contribution in [3.8, 4) is 0 Å². The van der Waals surface area contributed by atoms with E-state index in [1.807, 2.05) is 0 Å². The molecule has 0 fully saturated rings. The quantitative estimate of drug-likeness (QED) is 0.573. The van der Waals surface area contributed by atoms with Crippen molar-refractivity contribution in [1.82, 2.24) is 5.32 Å². The van der Waals surface area contributed by atoms with Crippen LogP contribution in [0.3, 0.4) is 0 Å². The number of nitrogens with two attached hydrogens (primary N) is 1. The lowest BCUT2D eigenvalue weighted by atomic mass is 10.4. The van der Waals surface area contributed by atoms with Crippen LogP contribution in [0.2, 0.25) is 0 Å².